The Hall–Kier alpha value is -3.87. The van der Waals surface area contributed by atoms with Crippen LogP contribution in [0.3, 0.4) is 0 Å². The fourth-order valence-electron chi connectivity index (χ4n) is 8.38. The number of amides is 1. The molecule has 4 fully saturated rings. The van der Waals surface area contributed by atoms with Crippen LogP contribution in [-0.2, 0) is 18.5 Å². The van der Waals surface area contributed by atoms with Crippen LogP contribution in [0.15, 0.2) is 104 Å². The van der Waals surface area contributed by atoms with Crippen LogP contribution in [0.25, 0.3) is 11.2 Å². The molecule has 9 rings (SSSR count). The zero-order chi connectivity index (χ0) is 34.6. The molecule has 2 bridgehead atoms. The van der Waals surface area contributed by atoms with Gasteiger partial charge in [0.1, 0.15) is 32.2 Å². The first kappa shape index (κ1) is 33.0. The van der Waals surface area contributed by atoms with E-state index in [4.69, 9.17) is 18.5 Å². The summed E-state index contributed by atoms with van der Waals surface area (Å²) in [5, 5.41) is 5.74. The molecule has 0 saturated carbocycles. The van der Waals surface area contributed by atoms with E-state index in [1.54, 1.807) is 18.5 Å². The number of carbonyl (C=O) groups excluding carboxylic acids is 1. The molecule has 51 heavy (non-hydrogen) atoms. The summed E-state index contributed by atoms with van der Waals surface area (Å²) in [6, 6.07) is 32.3. The summed E-state index contributed by atoms with van der Waals surface area (Å²) < 4.78 is 31.9. The normalized spacial score (nSPS) is 28.7. The lowest BCUT2D eigenvalue weighted by Gasteiger charge is -2.32. The summed E-state index contributed by atoms with van der Waals surface area (Å²) in [5.41, 5.74) is 0.920. The monoisotopic (exact) mass is 720 g/mol. The van der Waals surface area contributed by atoms with Crippen LogP contribution < -0.4 is 15.7 Å². The van der Waals surface area contributed by atoms with Crippen molar-refractivity contribution in [2.75, 3.05) is 18.5 Å². The Labute approximate surface area is 299 Å². The first-order chi connectivity index (χ1) is 25.0. The molecule has 0 spiro atoms. The first-order valence-corrected chi connectivity index (χ1v) is 21.7. The fraction of sp³-hybridized carbons (Fsp3) is 0.368. The number of ether oxygens (including phenoxy) is 2. The van der Waals surface area contributed by atoms with Crippen LogP contribution in [0.2, 0.25) is 12.6 Å². The number of hydrogen-bond donors (Lipinski definition) is 1. The van der Waals surface area contributed by atoms with Crippen molar-refractivity contribution in [2.45, 2.75) is 75.0 Å². The highest BCUT2D eigenvalue weighted by atomic mass is 31.2. The van der Waals surface area contributed by atoms with Crippen LogP contribution >= 0.6 is 8.53 Å². The number of hydrogen-bond acceptors (Lipinski definition) is 9. The molecule has 11 nitrogen and oxygen atoms in total. The molecular formula is C38H41N6O5PSi. The summed E-state index contributed by atoms with van der Waals surface area (Å²) in [6.45, 7) is 6.01. The van der Waals surface area contributed by atoms with Gasteiger partial charge in [-0.05, 0) is 37.4 Å². The maximum absolute atomic E-state index is 13.0. The molecule has 4 aliphatic rings. The first-order valence-electron chi connectivity index (χ1n) is 17.8. The molecular weight excluding hydrogens is 680 g/mol. The van der Waals surface area contributed by atoms with Crippen molar-refractivity contribution in [1.29, 1.82) is 0 Å². The largest absolute Gasteiger partial charge is 0.368 e. The Kier molecular flexibility index (Phi) is 8.59. The van der Waals surface area contributed by atoms with E-state index >= 15 is 0 Å². The molecule has 1 unspecified atom stereocenters. The van der Waals surface area contributed by atoms with Crippen molar-refractivity contribution in [3.8, 4) is 0 Å². The second-order valence-electron chi connectivity index (χ2n) is 14.1. The fourth-order valence-corrected chi connectivity index (χ4v) is 14.4. The highest BCUT2D eigenvalue weighted by Gasteiger charge is 2.64. The van der Waals surface area contributed by atoms with Gasteiger partial charge in [0.05, 0.1) is 19.0 Å². The van der Waals surface area contributed by atoms with E-state index in [2.05, 4.69) is 99.1 Å². The van der Waals surface area contributed by atoms with Gasteiger partial charge in [-0.1, -0.05) is 103 Å². The van der Waals surface area contributed by atoms with Crippen molar-refractivity contribution in [3.05, 3.63) is 109 Å². The van der Waals surface area contributed by atoms with E-state index < -0.39 is 28.4 Å². The smallest absolute Gasteiger partial charge is 0.259 e. The lowest BCUT2D eigenvalue weighted by Crippen LogP contribution is -2.58. The number of anilines is 1. The van der Waals surface area contributed by atoms with Crippen molar-refractivity contribution in [3.63, 3.8) is 0 Å². The number of nitrogens with zero attached hydrogens (tertiary/aromatic N) is 5. The number of fused-ring (bicyclic) bond motifs is 4. The maximum atomic E-state index is 13.0. The number of benzene rings is 3. The quantitative estimate of drug-likeness (QED) is 0.147. The van der Waals surface area contributed by atoms with Crippen LogP contribution in [-0.4, -0.2) is 81.3 Å². The summed E-state index contributed by atoms with van der Waals surface area (Å²) in [6.07, 6.45) is 4.91. The summed E-state index contributed by atoms with van der Waals surface area (Å²) >= 11 is 0. The van der Waals surface area contributed by atoms with Crippen molar-refractivity contribution in [2.24, 2.45) is 0 Å². The third-order valence-electron chi connectivity index (χ3n) is 11.2. The standard InChI is InChI=1S/C38H41N6O5PSi/c1-3-38-23-46-32(37(47-38)43-25-41-31-34(39-24-40-35(31)43)42-36(45)26-14-7-4-8-15-26)33(38)49-50-44-21-13-20-29(44)30(48-50)22-51(2,27-16-9-5-10-17-27)28-18-11-6-12-19-28/h4-12,14-19,24-25,29-30,32-33,37H,3,13,20-23H2,1-2H3,(H,39,40,42,45)/t29-,30+,32+,33?,37-,38+,50+/m1/s1. The van der Waals surface area contributed by atoms with Gasteiger partial charge in [-0.2, -0.15) is 0 Å². The van der Waals surface area contributed by atoms with Crippen LogP contribution in [0.1, 0.15) is 42.8 Å². The number of rotatable bonds is 10. The molecule has 13 heteroatoms. The maximum Gasteiger partial charge on any atom is 0.259 e. The number of aromatic nitrogens is 4. The van der Waals surface area contributed by atoms with E-state index in [0.29, 0.717) is 41.6 Å². The van der Waals surface area contributed by atoms with Gasteiger partial charge < -0.3 is 23.8 Å². The van der Waals surface area contributed by atoms with Crippen LogP contribution in [0, 0.1) is 0 Å². The molecule has 5 aromatic rings. The van der Waals surface area contributed by atoms with Gasteiger partial charge in [-0.15, -0.1) is 0 Å². The Morgan fingerprint density at radius 2 is 1.71 bits per heavy atom. The van der Waals surface area contributed by atoms with E-state index in [9.17, 15) is 4.79 Å². The minimum atomic E-state index is -2.14. The van der Waals surface area contributed by atoms with Crippen LogP contribution in [0.5, 0.6) is 0 Å². The van der Waals surface area contributed by atoms with Gasteiger partial charge in [0.25, 0.3) is 14.4 Å². The third-order valence-corrected chi connectivity index (χ3v) is 17.5. The average Bonchev–Trinajstić information content (AvgIpc) is 4.01. The van der Waals surface area contributed by atoms with Gasteiger partial charge in [0.15, 0.2) is 23.2 Å². The molecule has 0 aliphatic carbocycles. The van der Waals surface area contributed by atoms with Gasteiger partial charge in [-0.3, -0.25) is 9.36 Å². The van der Waals surface area contributed by atoms with E-state index in [1.165, 1.54) is 16.7 Å². The van der Waals surface area contributed by atoms with Crippen molar-refractivity contribution >= 4 is 49.9 Å². The van der Waals surface area contributed by atoms with Gasteiger partial charge in [-0.25, -0.2) is 19.6 Å². The highest BCUT2D eigenvalue weighted by molar-refractivity contribution is 7.45. The average molecular weight is 721 g/mol. The Balaban J connectivity index is 0.970. The molecule has 3 aromatic carbocycles. The van der Waals surface area contributed by atoms with Crippen molar-refractivity contribution in [1.82, 2.24) is 24.2 Å². The predicted octanol–water partition coefficient (Wildman–Crippen LogP) is 5.52. The second kappa shape index (κ2) is 13.3. The zero-order valence-electron chi connectivity index (χ0n) is 28.7. The molecule has 6 heterocycles. The Morgan fingerprint density at radius 3 is 2.41 bits per heavy atom. The van der Waals surface area contributed by atoms with Gasteiger partial charge in [0.2, 0.25) is 0 Å². The van der Waals surface area contributed by atoms with Crippen LogP contribution in [0.4, 0.5) is 5.82 Å². The molecule has 262 valence electrons. The number of nitrogens with one attached hydrogen (secondary N) is 1. The molecule has 0 radical (unpaired) electrons. The number of carbonyl (C=O) groups is 1. The Morgan fingerprint density at radius 1 is 1.00 bits per heavy atom. The second-order valence-corrected chi connectivity index (χ2v) is 19.8. The lowest BCUT2D eigenvalue weighted by molar-refractivity contribution is -0.172. The van der Waals surface area contributed by atoms with Gasteiger partial charge in [0, 0.05) is 18.2 Å². The van der Waals surface area contributed by atoms with E-state index in [-0.39, 0.29) is 24.2 Å². The topological polar surface area (TPSA) is 113 Å². The highest BCUT2D eigenvalue weighted by Crippen LogP contribution is 2.61. The predicted molar refractivity (Wildman–Crippen MR) is 198 cm³/mol. The molecule has 1 N–H and O–H groups in total. The zero-order valence-corrected chi connectivity index (χ0v) is 30.6. The minimum Gasteiger partial charge on any atom is -0.368 e. The Bertz CT molecular complexity index is 1990. The lowest BCUT2D eigenvalue weighted by atomic mass is 9.96. The molecule has 4 saturated heterocycles. The molecule has 2 aromatic heterocycles. The minimum absolute atomic E-state index is 0.0729. The third kappa shape index (κ3) is 5.65. The SMILES string of the molecule is CC[C@]12CO[C@@H](C1O[P@]1O[C@@H](C[Si](C)(c3ccccc3)c3ccccc3)[C@H]3CCCN31)[C@H](n1cnc3c(NC(=O)c4ccccc4)ncnc31)O2. The summed E-state index contributed by atoms with van der Waals surface area (Å²) in [4.78, 5) is 26.5. The molecule has 7 atom stereocenters. The van der Waals surface area contributed by atoms with Gasteiger partial charge >= 0.3 is 0 Å². The summed E-state index contributed by atoms with van der Waals surface area (Å²) in [5.74, 6) is 0.0705. The summed E-state index contributed by atoms with van der Waals surface area (Å²) in [7, 11) is -3.47. The van der Waals surface area contributed by atoms with Crippen molar-refractivity contribution < 1.29 is 23.3 Å². The number of imidazole rings is 1. The van der Waals surface area contributed by atoms with E-state index in [0.717, 1.165) is 25.4 Å². The molecule has 4 aliphatic heterocycles. The molecule has 1 amide bonds. The van der Waals surface area contributed by atoms with E-state index in [1.807, 2.05) is 22.8 Å².